The number of carbonyl (C=O) groups is 1. The number of amides is 1. The van der Waals surface area contributed by atoms with Crippen LogP contribution in [0.25, 0.3) is 0 Å². The maximum atomic E-state index is 12.7. The molecule has 0 spiro atoms. The first-order valence-corrected chi connectivity index (χ1v) is 11.2. The van der Waals surface area contributed by atoms with Gasteiger partial charge in [-0.05, 0) is 54.7 Å². The fourth-order valence-electron chi connectivity index (χ4n) is 2.61. The largest absolute Gasteiger partial charge is 0.332 e. The molecule has 0 saturated carbocycles. The number of anilines is 2. The summed E-state index contributed by atoms with van der Waals surface area (Å²) in [5.41, 5.74) is 0.422. The van der Waals surface area contributed by atoms with Crippen molar-refractivity contribution in [3.8, 4) is 0 Å². The molecule has 0 aliphatic heterocycles. The molecule has 0 aliphatic rings. The molecular formula is C20H15ClN4O5S2. The molecule has 1 amide bonds. The van der Waals surface area contributed by atoms with Crippen LogP contribution in [-0.2, 0) is 10.0 Å². The van der Waals surface area contributed by atoms with Gasteiger partial charge in [0.15, 0.2) is 5.11 Å². The van der Waals surface area contributed by atoms with Crippen LogP contribution in [-0.4, -0.2) is 24.4 Å². The Balaban J connectivity index is 1.70. The lowest BCUT2D eigenvalue weighted by molar-refractivity contribution is -0.384. The predicted octanol–water partition coefficient (Wildman–Crippen LogP) is 4.18. The number of hydrogen-bond acceptors (Lipinski definition) is 6. The molecule has 3 rings (SSSR count). The second-order valence-corrected chi connectivity index (χ2v) is 8.89. The Morgan fingerprint density at radius 2 is 1.66 bits per heavy atom. The van der Waals surface area contributed by atoms with Crippen molar-refractivity contribution in [3.63, 3.8) is 0 Å². The monoisotopic (exact) mass is 490 g/mol. The van der Waals surface area contributed by atoms with E-state index in [4.69, 9.17) is 23.8 Å². The lowest BCUT2D eigenvalue weighted by Crippen LogP contribution is -2.34. The van der Waals surface area contributed by atoms with E-state index in [0.717, 1.165) is 6.07 Å². The number of nitro groups is 1. The smallest absolute Gasteiger partial charge is 0.270 e. The van der Waals surface area contributed by atoms with E-state index in [1.165, 1.54) is 42.5 Å². The Labute approximate surface area is 193 Å². The number of halogens is 1. The van der Waals surface area contributed by atoms with Gasteiger partial charge in [0.1, 0.15) is 0 Å². The van der Waals surface area contributed by atoms with Crippen LogP contribution in [0.1, 0.15) is 10.4 Å². The van der Waals surface area contributed by atoms with Crippen LogP contribution in [0.5, 0.6) is 0 Å². The SMILES string of the molecule is O=C(NC(=S)Nc1cccc(S(=O)(=O)Nc2cccc(Cl)c2)c1)c1cccc([N+](=O)[O-])c1. The molecule has 0 radical (unpaired) electrons. The number of thiocarbonyl (C=S) groups is 1. The molecule has 0 bridgehead atoms. The molecule has 164 valence electrons. The Morgan fingerprint density at radius 3 is 2.38 bits per heavy atom. The van der Waals surface area contributed by atoms with Crippen LogP contribution < -0.4 is 15.4 Å². The first kappa shape index (κ1) is 23.1. The van der Waals surface area contributed by atoms with Crippen LogP contribution in [0, 0.1) is 10.1 Å². The lowest BCUT2D eigenvalue weighted by atomic mass is 10.2. The van der Waals surface area contributed by atoms with E-state index in [1.807, 2.05) is 0 Å². The van der Waals surface area contributed by atoms with E-state index in [0.29, 0.717) is 16.4 Å². The standard InChI is InChI=1S/C20H15ClN4O5S2/c21-14-5-2-7-16(11-14)24-32(29,30)18-9-3-6-15(12-18)22-20(31)23-19(26)13-4-1-8-17(10-13)25(27)28/h1-12,24H,(H2,22,23,26,31). The molecule has 0 atom stereocenters. The third kappa shape index (κ3) is 6.00. The van der Waals surface area contributed by atoms with E-state index in [1.54, 1.807) is 24.3 Å². The third-order valence-corrected chi connectivity index (χ3v) is 5.84. The minimum atomic E-state index is -3.91. The summed E-state index contributed by atoms with van der Waals surface area (Å²) in [6.07, 6.45) is 0. The van der Waals surface area contributed by atoms with Crippen molar-refractivity contribution in [2.45, 2.75) is 4.90 Å². The summed E-state index contributed by atoms with van der Waals surface area (Å²) in [6.45, 7) is 0. The Bertz CT molecular complexity index is 1310. The van der Waals surface area contributed by atoms with Gasteiger partial charge in [0, 0.05) is 28.4 Å². The van der Waals surface area contributed by atoms with Crippen molar-refractivity contribution in [2.75, 3.05) is 10.0 Å². The van der Waals surface area contributed by atoms with Gasteiger partial charge in [-0.1, -0.05) is 29.8 Å². The topological polar surface area (TPSA) is 130 Å². The van der Waals surface area contributed by atoms with Gasteiger partial charge in [0.25, 0.3) is 21.6 Å². The zero-order valence-corrected chi connectivity index (χ0v) is 18.5. The minimum absolute atomic E-state index is 0.0460. The quantitative estimate of drug-likeness (QED) is 0.268. The van der Waals surface area contributed by atoms with E-state index in [-0.39, 0.29) is 21.3 Å². The second-order valence-electron chi connectivity index (χ2n) is 6.36. The fourth-order valence-corrected chi connectivity index (χ4v) is 4.10. The molecule has 0 saturated heterocycles. The summed E-state index contributed by atoms with van der Waals surface area (Å²) in [7, 11) is -3.91. The maximum Gasteiger partial charge on any atom is 0.270 e. The molecule has 12 heteroatoms. The number of rotatable bonds is 6. The summed E-state index contributed by atoms with van der Waals surface area (Å²) in [4.78, 5) is 22.5. The van der Waals surface area contributed by atoms with Gasteiger partial charge in [0.05, 0.1) is 15.5 Å². The first-order valence-electron chi connectivity index (χ1n) is 8.89. The lowest BCUT2D eigenvalue weighted by Gasteiger charge is -2.12. The minimum Gasteiger partial charge on any atom is -0.332 e. The van der Waals surface area contributed by atoms with Gasteiger partial charge >= 0.3 is 0 Å². The molecule has 3 N–H and O–H groups in total. The van der Waals surface area contributed by atoms with Crippen LogP contribution in [0.3, 0.4) is 0 Å². The molecule has 0 fully saturated rings. The average molecular weight is 491 g/mol. The number of non-ortho nitro benzene ring substituents is 1. The van der Waals surface area contributed by atoms with Gasteiger partial charge < -0.3 is 5.32 Å². The van der Waals surface area contributed by atoms with Crippen molar-refractivity contribution >= 4 is 61.9 Å². The third-order valence-electron chi connectivity index (χ3n) is 4.03. The average Bonchev–Trinajstić information content (AvgIpc) is 2.73. The highest BCUT2D eigenvalue weighted by Crippen LogP contribution is 2.21. The Hall–Kier alpha value is -3.54. The number of hydrogen-bond donors (Lipinski definition) is 3. The molecule has 0 aliphatic carbocycles. The zero-order valence-electron chi connectivity index (χ0n) is 16.1. The molecule has 3 aromatic carbocycles. The summed E-state index contributed by atoms with van der Waals surface area (Å²) < 4.78 is 27.7. The van der Waals surface area contributed by atoms with Gasteiger partial charge in [-0.2, -0.15) is 0 Å². The molecule has 0 aromatic heterocycles. The Kier molecular flexibility index (Phi) is 7.03. The van der Waals surface area contributed by atoms with Crippen LogP contribution >= 0.6 is 23.8 Å². The molecule has 9 nitrogen and oxygen atoms in total. The van der Waals surface area contributed by atoms with E-state index in [9.17, 15) is 23.3 Å². The highest BCUT2D eigenvalue weighted by Gasteiger charge is 2.16. The van der Waals surface area contributed by atoms with Crippen molar-refractivity contribution < 1.29 is 18.1 Å². The van der Waals surface area contributed by atoms with Gasteiger partial charge in [-0.25, -0.2) is 8.42 Å². The highest BCUT2D eigenvalue weighted by atomic mass is 35.5. The summed E-state index contributed by atoms with van der Waals surface area (Å²) in [6, 6.07) is 17.2. The molecular weight excluding hydrogens is 476 g/mol. The normalized spacial score (nSPS) is 10.8. The number of carbonyl (C=O) groups excluding carboxylic acids is 1. The van der Waals surface area contributed by atoms with Gasteiger partial charge in [0.2, 0.25) is 0 Å². The molecule has 0 heterocycles. The number of nitro benzene ring substituents is 1. The van der Waals surface area contributed by atoms with E-state index >= 15 is 0 Å². The molecule has 32 heavy (non-hydrogen) atoms. The van der Waals surface area contributed by atoms with Crippen LogP contribution in [0.4, 0.5) is 17.1 Å². The van der Waals surface area contributed by atoms with Crippen molar-refractivity contribution in [3.05, 3.63) is 93.5 Å². The Morgan fingerprint density at radius 1 is 0.969 bits per heavy atom. The van der Waals surface area contributed by atoms with Crippen LogP contribution in [0.2, 0.25) is 5.02 Å². The summed E-state index contributed by atoms with van der Waals surface area (Å²) >= 11 is 11.0. The predicted molar refractivity (Wildman–Crippen MR) is 125 cm³/mol. The summed E-state index contributed by atoms with van der Waals surface area (Å²) in [5.74, 6) is -0.655. The number of benzene rings is 3. The van der Waals surface area contributed by atoms with Gasteiger partial charge in [-0.15, -0.1) is 0 Å². The molecule has 0 unspecified atom stereocenters. The van der Waals surface area contributed by atoms with Gasteiger partial charge in [-0.3, -0.25) is 24.9 Å². The molecule has 3 aromatic rings. The van der Waals surface area contributed by atoms with Crippen molar-refractivity contribution in [1.29, 1.82) is 0 Å². The number of sulfonamides is 1. The second kappa shape index (κ2) is 9.73. The first-order chi connectivity index (χ1) is 15.1. The van der Waals surface area contributed by atoms with Crippen LogP contribution in [0.15, 0.2) is 77.7 Å². The van der Waals surface area contributed by atoms with Crippen molar-refractivity contribution in [1.82, 2.24) is 5.32 Å². The fraction of sp³-hybridized carbons (Fsp3) is 0. The van der Waals surface area contributed by atoms with E-state index < -0.39 is 20.9 Å². The number of nitrogens with one attached hydrogen (secondary N) is 3. The van der Waals surface area contributed by atoms with E-state index in [2.05, 4.69) is 15.4 Å². The zero-order chi connectivity index (χ0) is 23.3. The summed E-state index contributed by atoms with van der Waals surface area (Å²) in [5, 5.41) is 16.2. The maximum absolute atomic E-state index is 12.7. The highest BCUT2D eigenvalue weighted by molar-refractivity contribution is 7.92. The number of nitrogens with zero attached hydrogens (tertiary/aromatic N) is 1. The van der Waals surface area contributed by atoms with Crippen molar-refractivity contribution in [2.24, 2.45) is 0 Å².